The van der Waals surface area contributed by atoms with Crippen LogP contribution in [-0.2, 0) is 14.8 Å². The average Bonchev–Trinajstić information content (AvgIpc) is 2.56. The minimum atomic E-state index is -3.89. The molecule has 0 radical (unpaired) electrons. The number of benzene rings is 2. The predicted molar refractivity (Wildman–Crippen MR) is 97.0 cm³/mol. The number of halogens is 1. The molecule has 0 saturated heterocycles. The lowest BCUT2D eigenvalue weighted by Gasteiger charge is -2.23. The third-order valence-corrected chi connectivity index (χ3v) is 6.70. The van der Waals surface area contributed by atoms with Crippen LogP contribution >= 0.6 is 11.8 Å². The number of hydrogen-bond acceptors (Lipinski definition) is 4. The Morgan fingerprint density at radius 2 is 2.00 bits per heavy atom. The fourth-order valence-corrected chi connectivity index (χ4v) is 4.53. The van der Waals surface area contributed by atoms with Crippen LogP contribution in [-0.4, -0.2) is 19.6 Å². The van der Waals surface area contributed by atoms with Crippen molar-refractivity contribution in [2.45, 2.75) is 35.3 Å². The minimum Gasteiger partial charge on any atom is -0.324 e. The van der Waals surface area contributed by atoms with Gasteiger partial charge in [0.05, 0.1) is 21.5 Å². The first-order valence-corrected chi connectivity index (χ1v) is 10.1. The lowest BCUT2D eigenvalue weighted by molar-refractivity contribution is -0.115. The first-order chi connectivity index (χ1) is 11.8. The number of nitrogens with one attached hydrogen (secondary N) is 2. The van der Waals surface area contributed by atoms with Crippen LogP contribution in [0.25, 0.3) is 0 Å². The number of rotatable bonds is 4. The quantitative estimate of drug-likeness (QED) is 0.847. The zero-order chi connectivity index (χ0) is 18.2. The van der Waals surface area contributed by atoms with Gasteiger partial charge in [-0.05, 0) is 49.2 Å². The number of hydrogen-bond donors (Lipinski definition) is 2. The van der Waals surface area contributed by atoms with E-state index in [1.807, 2.05) is 6.92 Å². The highest BCUT2D eigenvalue weighted by atomic mass is 32.2. The molecule has 3 rings (SSSR count). The van der Waals surface area contributed by atoms with Gasteiger partial charge in [-0.15, -0.1) is 11.8 Å². The molecule has 1 heterocycles. The molecule has 2 N–H and O–H groups in total. The van der Waals surface area contributed by atoms with E-state index in [0.717, 1.165) is 11.0 Å². The fraction of sp³-hybridized carbons (Fsp3) is 0.235. The Morgan fingerprint density at radius 3 is 2.68 bits per heavy atom. The van der Waals surface area contributed by atoms with Crippen LogP contribution in [0, 0.1) is 12.7 Å². The van der Waals surface area contributed by atoms with Gasteiger partial charge in [0.25, 0.3) is 10.0 Å². The van der Waals surface area contributed by atoms with Gasteiger partial charge >= 0.3 is 0 Å². The van der Waals surface area contributed by atoms with E-state index in [2.05, 4.69) is 10.0 Å². The highest BCUT2D eigenvalue weighted by Crippen LogP contribution is 2.38. The van der Waals surface area contributed by atoms with E-state index < -0.39 is 15.8 Å². The summed E-state index contributed by atoms with van der Waals surface area (Å²) in [7, 11) is -3.89. The van der Waals surface area contributed by atoms with Gasteiger partial charge in [0.1, 0.15) is 5.82 Å². The fourth-order valence-electron chi connectivity index (χ4n) is 2.44. The molecule has 8 heteroatoms. The molecule has 2 aromatic rings. The van der Waals surface area contributed by atoms with Crippen molar-refractivity contribution in [2.24, 2.45) is 0 Å². The molecule has 0 spiro atoms. The van der Waals surface area contributed by atoms with Crippen molar-refractivity contribution < 1.29 is 17.6 Å². The number of sulfonamides is 1. The first kappa shape index (κ1) is 17.8. The second-order valence-electron chi connectivity index (χ2n) is 5.73. The second kappa shape index (κ2) is 6.68. The van der Waals surface area contributed by atoms with Crippen molar-refractivity contribution in [1.29, 1.82) is 0 Å². The van der Waals surface area contributed by atoms with Crippen molar-refractivity contribution in [2.75, 3.05) is 10.0 Å². The summed E-state index contributed by atoms with van der Waals surface area (Å²) in [6, 6.07) is 8.70. The van der Waals surface area contributed by atoms with Crippen LogP contribution < -0.4 is 10.0 Å². The second-order valence-corrected chi connectivity index (χ2v) is 8.66. The van der Waals surface area contributed by atoms with Gasteiger partial charge in [0, 0.05) is 4.90 Å². The standard InChI is InChI=1S/C17H17FN2O3S2/c1-3-15-17(21)19-14-9-12(6-7-16(14)24-15)25(22,23)20-11-5-4-10(2)13(18)8-11/h4-9,15,20H,3H2,1-2H3,(H,19,21)/t15-/m0/s1. The molecule has 0 bridgehead atoms. The SMILES string of the molecule is CC[C@@H]1Sc2ccc(S(=O)(=O)Nc3ccc(C)c(F)c3)cc2NC1=O. The number of aryl methyl sites for hydroxylation is 1. The van der Waals surface area contributed by atoms with E-state index in [9.17, 15) is 17.6 Å². The van der Waals surface area contributed by atoms with E-state index in [0.29, 0.717) is 17.7 Å². The molecule has 0 saturated carbocycles. The molecule has 1 aliphatic rings. The number of amides is 1. The number of anilines is 2. The molecule has 5 nitrogen and oxygen atoms in total. The van der Waals surface area contributed by atoms with E-state index in [-0.39, 0.29) is 21.7 Å². The highest BCUT2D eigenvalue weighted by molar-refractivity contribution is 8.01. The summed E-state index contributed by atoms with van der Waals surface area (Å²) >= 11 is 1.42. The summed E-state index contributed by atoms with van der Waals surface area (Å²) < 4.78 is 41.0. The Labute approximate surface area is 150 Å². The van der Waals surface area contributed by atoms with Crippen LogP contribution in [0.4, 0.5) is 15.8 Å². The van der Waals surface area contributed by atoms with Gasteiger partial charge in [-0.2, -0.15) is 0 Å². The summed E-state index contributed by atoms with van der Waals surface area (Å²) in [5.41, 5.74) is 1.05. The molecule has 132 valence electrons. The maximum atomic E-state index is 13.6. The summed E-state index contributed by atoms with van der Waals surface area (Å²) in [5, 5.41) is 2.56. The Bertz CT molecular complexity index is 945. The van der Waals surface area contributed by atoms with Crippen LogP contribution in [0.1, 0.15) is 18.9 Å². The van der Waals surface area contributed by atoms with Gasteiger partial charge < -0.3 is 5.32 Å². The van der Waals surface area contributed by atoms with Gasteiger partial charge in [-0.1, -0.05) is 13.0 Å². The third kappa shape index (κ3) is 3.64. The van der Waals surface area contributed by atoms with E-state index in [1.54, 1.807) is 13.0 Å². The normalized spacial score (nSPS) is 16.9. The van der Waals surface area contributed by atoms with Crippen LogP contribution in [0.5, 0.6) is 0 Å². The maximum absolute atomic E-state index is 13.6. The molecule has 2 aromatic carbocycles. The zero-order valence-corrected chi connectivity index (χ0v) is 15.3. The van der Waals surface area contributed by atoms with E-state index in [4.69, 9.17) is 0 Å². The summed E-state index contributed by atoms with van der Waals surface area (Å²) in [6.45, 7) is 3.52. The Balaban J connectivity index is 1.89. The number of carbonyl (C=O) groups is 1. The molecular weight excluding hydrogens is 363 g/mol. The lowest BCUT2D eigenvalue weighted by Crippen LogP contribution is -2.28. The van der Waals surface area contributed by atoms with Crippen molar-refractivity contribution >= 4 is 39.1 Å². The molecule has 1 amide bonds. The van der Waals surface area contributed by atoms with Gasteiger partial charge in [-0.25, -0.2) is 12.8 Å². The van der Waals surface area contributed by atoms with Crippen LogP contribution in [0.2, 0.25) is 0 Å². The monoisotopic (exact) mass is 380 g/mol. The largest absolute Gasteiger partial charge is 0.324 e. The number of fused-ring (bicyclic) bond motifs is 1. The first-order valence-electron chi connectivity index (χ1n) is 7.70. The molecule has 1 atom stereocenters. The smallest absolute Gasteiger partial charge is 0.261 e. The molecule has 0 aliphatic carbocycles. The molecule has 25 heavy (non-hydrogen) atoms. The Kier molecular flexibility index (Phi) is 4.75. The Hall–Kier alpha value is -2.06. The van der Waals surface area contributed by atoms with Gasteiger partial charge in [-0.3, -0.25) is 9.52 Å². The summed E-state index contributed by atoms with van der Waals surface area (Å²) in [5.74, 6) is -0.622. The zero-order valence-electron chi connectivity index (χ0n) is 13.7. The Morgan fingerprint density at radius 1 is 1.24 bits per heavy atom. The molecule has 0 aromatic heterocycles. The van der Waals surface area contributed by atoms with Gasteiger partial charge in [0.15, 0.2) is 0 Å². The topological polar surface area (TPSA) is 75.3 Å². The average molecular weight is 380 g/mol. The van der Waals surface area contributed by atoms with Crippen LogP contribution in [0.15, 0.2) is 46.2 Å². The van der Waals surface area contributed by atoms with Crippen molar-refractivity contribution in [3.05, 3.63) is 47.8 Å². The molecule has 0 fully saturated rings. The molecular formula is C17H17FN2O3S2. The predicted octanol–water partition coefficient (Wildman–Crippen LogP) is 3.76. The maximum Gasteiger partial charge on any atom is 0.261 e. The van der Waals surface area contributed by atoms with Crippen molar-refractivity contribution in [1.82, 2.24) is 0 Å². The molecule has 1 aliphatic heterocycles. The number of thioether (sulfide) groups is 1. The van der Waals surface area contributed by atoms with E-state index >= 15 is 0 Å². The lowest BCUT2D eigenvalue weighted by atomic mass is 10.2. The highest BCUT2D eigenvalue weighted by Gasteiger charge is 2.27. The summed E-state index contributed by atoms with van der Waals surface area (Å²) in [6.07, 6.45) is 0.691. The molecule has 0 unspecified atom stereocenters. The minimum absolute atomic E-state index is 0.00285. The van der Waals surface area contributed by atoms with Crippen molar-refractivity contribution in [3.8, 4) is 0 Å². The number of carbonyl (C=O) groups excluding carboxylic acids is 1. The summed E-state index contributed by atoms with van der Waals surface area (Å²) in [4.78, 5) is 12.8. The third-order valence-electron chi connectivity index (χ3n) is 3.88. The van der Waals surface area contributed by atoms with Gasteiger partial charge in [0.2, 0.25) is 5.91 Å². The van der Waals surface area contributed by atoms with Crippen LogP contribution in [0.3, 0.4) is 0 Å². The van der Waals surface area contributed by atoms with Crippen molar-refractivity contribution in [3.63, 3.8) is 0 Å². The van der Waals surface area contributed by atoms with E-state index in [1.165, 1.54) is 36.0 Å².